The van der Waals surface area contributed by atoms with E-state index in [0.29, 0.717) is 13.1 Å². The first-order valence-electron chi connectivity index (χ1n) is 8.13. The maximum atomic E-state index is 12.7. The molecule has 0 saturated heterocycles. The van der Waals surface area contributed by atoms with Gasteiger partial charge in [-0.05, 0) is 30.9 Å². The van der Waals surface area contributed by atoms with E-state index in [2.05, 4.69) is 5.32 Å². The Balaban J connectivity index is 2.10. The van der Waals surface area contributed by atoms with Gasteiger partial charge in [0.25, 0.3) is 0 Å². The molecule has 0 aliphatic rings. The Labute approximate surface area is 147 Å². The zero-order valence-electron chi connectivity index (χ0n) is 14.4. The second-order valence-corrected chi connectivity index (χ2v) is 6.89. The Bertz CT molecular complexity index is 665. The van der Waals surface area contributed by atoms with Crippen LogP contribution >= 0.6 is 11.3 Å². The van der Waals surface area contributed by atoms with Crippen molar-refractivity contribution in [3.8, 4) is 0 Å². The molecule has 0 saturated carbocycles. The summed E-state index contributed by atoms with van der Waals surface area (Å²) in [5.74, 6) is -0.0834. The van der Waals surface area contributed by atoms with E-state index in [1.807, 2.05) is 60.5 Å². The molecule has 5 heteroatoms. The van der Waals surface area contributed by atoms with Gasteiger partial charge in [0, 0.05) is 18.3 Å². The molecule has 0 aliphatic carbocycles. The van der Waals surface area contributed by atoms with Crippen LogP contribution < -0.4 is 5.32 Å². The molecule has 1 atom stereocenters. The summed E-state index contributed by atoms with van der Waals surface area (Å²) in [5, 5.41) is 4.91. The molecule has 1 unspecified atom stereocenters. The molecule has 1 aromatic heterocycles. The van der Waals surface area contributed by atoms with E-state index in [0.717, 1.165) is 16.0 Å². The van der Waals surface area contributed by atoms with Gasteiger partial charge in [0.2, 0.25) is 11.8 Å². The van der Waals surface area contributed by atoms with Gasteiger partial charge in [-0.25, -0.2) is 0 Å². The van der Waals surface area contributed by atoms with Crippen LogP contribution in [0.25, 0.3) is 0 Å². The Hall–Kier alpha value is -2.14. The summed E-state index contributed by atoms with van der Waals surface area (Å²) in [4.78, 5) is 27.2. The first-order chi connectivity index (χ1) is 11.5. The zero-order chi connectivity index (χ0) is 17.5. The lowest BCUT2D eigenvalue weighted by Gasteiger charge is -2.24. The zero-order valence-corrected chi connectivity index (χ0v) is 15.2. The lowest BCUT2D eigenvalue weighted by atomic mass is 10.0. The summed E-state index contributed by atoms with van der Waals surface area (Å²) in [6.45, 7) is 6.74. The summed E-state index contributed by atoms with van der Waals surface area (Å²) in [6, 6.07) is 11.7. The fraction of sp³-hybridized carbons (Fsp3) is 0.368. The standard InChI is InChI=1S/C19H24N2O2S/c1-4-21(13-17-6-5-11-24-17)19(23)12-18(20-15(3)22)16-9-7-14(2)8-10-16/h5-11,18H,4,12-13H2,1-3H3,(H,20,22). The minimum Gasteiger partial charge on any atom is -0.349 e. The minimum absolute atomic E-state index is 0.0465. The maximum Gasteiger partial charge on any atom is 0.225 e. The second kappa shape index (κ2) is 8.64. The molecule has 2 aromatic rings. The van der Waals surface area contributed by atoms with Crippen LogP contribution in [0.3, 0.4) is 0 Å². The van der Waals surface area contributed by atoms with E-state index in [-0.39, 0.29) is 24.3 Å². The van der Waals surface area contributed by atoms with Gasteiger partial charge >= 0.3 is 0 Å². The molecule has 0 fully saturated rings. The fourth-order valence-corrected chi connectivity index (χ4v) is 3.29. The summed E-state index contributed by atoms with van der Waals surface area (Å²) in [5.41, 5.74) is 2.11. The number of aryl methyl sites for hydroxylation is 1. The number of hydrogen-bond donors (Lipinski definition) is 1. The van der Waals surface area contributed by atoms with Gasteiger partial charge in [-0.15, -0.1) is 11.3 Å². The summed E-state index contributed by atoms with van der Waals surface area (Å²) < 4.78 is 0. The molecular formula is C19H24N2O2S. The number of amides is 2. The molecule has 1 aromatic carbocycles. The Kier molecular flexibility index (Phi) is 6.55. The average molecular weight is 344 g/mol. The van der Waals surface area contributed by atoms with Gasteiger partial charge in [-0.3, -0.25) is 9.59 Å². The fourth-order valence-electron chi connectivity index (χ4n) is 2.57. The smallest absolute Gasteiger partial charge is 0.225 e. The van der Waals surface area contributed by atoms with E-state index >= 15 is 0 Å². The normalized spacial score (nSPS) is 11.8. The van der Waals surface area contributed by atoms with E-state index in [1.165, 1.54) is 6.92 Å². The van der Waals surface area contributed by atoms with Crippen LogP contribution in [-0.4, -0.2) is 23.3 Å². The van der Waals surface area contributed by atoms with E-state index in [4.69, 9.17) is 0 Å². The quantitative estimate of drug-likeness (QED) is 0.833. The van der Waals surface area contributed by atoms with Crippen molar-refractivity contribution in [3.63, 3.8) is 0 Å². The molecule has 1 N–H and O–H groups in total. The molecule has 0 aliphatic heterocycles. The van der Waals surface area contributed by atoms with Gasteiger partial charge in [-0.1, -0.05) is 35.9 Å². The van der Waals surface area contributed by atoms with Crippen LogP contribution in [0.5, 0.6) is 0 Å². The van der Waals surface area contributed by atoms with Crippen LogP contribution in [0.15, 0.2) is 41.8 Å². The van der Waals surface area contributed by atoms with Crippen LogP contribution in [0.4, 0.5) is 0 Å². The van der Waals surface area contributed by atoms with Gasteiger partial charge in [0.1, 0.15) is 0 Å². The highest BCUT2D eigenvalue weighted by Gasteiger charge is 2.21. The van der Waals surface area contributed by atoms with Crippen LogP contribution in [0.2, 0.25) is 0 Å². The van der Waals surface area contributed by atoms with E-state index in [1.54, 1.807) is 11.3 Å². The van der Waals surface area contributed by atoms with Gasteiger partial charge < -0.3 is 10.2 Å². The monoisotopic (exact) mass is 344 g/mol. The predicted molar refractivity (Wildman–Crippen MR) is 97.8 cm³/mol. The third kappa shape index (κ3) is 5.20. The van der Waals surface area contributed by atoms with E-state index < -0.39 is 0 Å². The molecule has 24 heavy (non-hydrogen) atoms. The van der Waals surface area contributed by atoms with Gasteiger partial charge in [0.15, 0.2) is 0 Å². The Morgan fingerprint density at radius 3 is 2.46 bits per heavy atom. The Morgan fingerprint density at radius 2 is 1.92 bits per heavy atom. The highest BCUT2D eigenvalue weighted by atomic mass is 32.1. The molecular weight excluding hydrogens is 320 g/mol. The number of thiophene rings is 1. The summed E-state index contributed by atoms with van der Waals surface area (Å²) >= 11 is 1.65. The molecule has 128 valence electrons. The van der Waals surface area contributed by atoms with Crippen LogP contribution in [0.1, 0.15) is 42.3 Å². The minimum atomic E-state index is -0.298. The van der Waals surface area contributed by atoms with Crippen LogP contribution in [-0.2, 0) is 16.1 Å². The van der Waals surface area contributed by atoms with Crippen molar-refractivity contribution in [1.29, 1.82) is 0 Å². The third-order valence-electron chi connectivity index (χ3n) is 3.90. The Morgan fingerprint density at radius 1 is 1.21 bits per heavy atom. The molecule has 0 spiro atoms. The van der Waals surface area contributed by atoms with E-state index in [9.17, 15) is 9.59 Å². The number of nitrogens with zero attached hydrogens (tertiary/aromatic N) is 1. The number of benzene rings is 1. The summed E-state index contributed by atoms with van der Waals surface area (Å²) in [7, 11) is 0. The van der Waals surface area contributed by atoms with Gasteiger partial charge in [0.05, 0.1) is 19.0 Å². The molecule has 2 amide bonds. The molecule has 4 nitrogen and oxygen atoms in total. The molecule has 0 radical (unpaired) electrons. The average Bonchev–Trinajstić information content (AvgIpc) is 3.05. The van der Waals surface area contributed by atoms with Crippen molar-refractivity contribution in [2.75, 3.05) is 6.54 Å². The predicted octanol–water partition coefficient (Wildman–Crippen LogP) is 3.67. The van der Waals surface area contributed by atoms with Crippen molar-refractivity contribution in [2.45, 2.75) is 39.8 Å². The van der Waals surface area contributed by atoms with Crippen molar-refractivity contribution in [3.05, 3.63) is 57.8 Å². The second-order valence-electron chi connectivity index (χ2n) is 5.86. The van der Waals surface area contributed by atoms with Crippen molar-refractivity contribution < 1.29 is 9.59 Å². The first-order valence-corrected chi connectivity index (χ1v) is 9.01. The van der Waals surface area contributed by atoms with Crippen molar-refractivity contribution in [2.24, 2.45) is 0 Å². The number of carbonyl (C=O) groups excluding carboxylic acids is 2. The highest BCUT2D eigenvalue weighted by Crippen LogP contribution is 2.20. The van der Waals surface area contributed by atoms with Crippen LogP contribution in [0, 0.1) is 6.92 Å². The number of carbonyl (C=O) groups is 2. The number of rotatable bonds is 7. The number of nitrogens with one attached hydrogen (secondary N) is 1. The first kappa shape index (κ1) is 18.2. The van der Waals surface area contributed by atoms with Crippen molar-refractivity contribution in [1.82, 2.24) is 10.2 Å². The molecule has 2 rings (SSSR count). The molecule has 1 heterocycles. The summed E-state index contributed by atoms with van der Waals surface area (Å²) in [6.07, 6.45) is 0.266. The lowest BCUT2D eigenvalue weighted by Crippen LogP contribution is -2.35. The molecule has 0 bridgehead atoms. The number of hydrogen-bond acceptors (Lipinski definition) is 3. The topological polar surface area (TPSA) is 49.4 Å². The lowest BCUT2D eigenvalue weighted by molar-refractivity contribution is -0.132. The largest absolute Gasteiger partial charge is 0.349 e. The SMILES string of the molecule is CCN(Cc1cccs1)C(=O)CC(NC(C)=O)c1ccc(C)cc1. The van der Waals surface area contributed by atoms with Crippen molar-refractivity contribution >= 4 is 23.2 Å². The highest BCUT2D eigenvalue weighted by molar-refractivity contribution is 7.09. The maximum absolute atomic E-state index is 12.7. The van der Waals surface area contributed by atoms with Gasteiger partial charge in [-0.2, -0.15) is 0 Å². The third-order valence-corrected chi connectivity index (χ3v) is 4.76.